The number of morpholine rings is 1. The van der Waals surface area contributed by atoms with E-state index >= 15 is 0 Å². The molecule has 1 N–H and O–H groups in total. The molecule has 2 amide bonds. The van der Waals surface area contributed by atoms with Gasteiger partial charge in [0.2, 0.25) is 15.9 Å². The number of carbonyl (C=O) groups excluding carboxylic acids is 2. The standard InChI is InChI=1S/C28H31N3O7S2/c1-2-37-20-7-9-21(10-8-20)38-25-12-11-22(40(34,35)30-14-16-36-17-15-30)19-23(25)29-27(32)24-5-3-13-31(24)28(33)26-6-4-18-39-26/h4,6-12,18-19,24H,2-3,5,13-17H2,1H3,(H,29,32)/t24-/m0/s1. The van der Waals surface area contributed by atoms with Crippen molar-refractivity contribution < 1.29 is 32.2 Å². The summed E-state index contributed by atoms with van der Waals surface area (Å²) in [5, 5.41) is 4.69. The molecule has 2 fully saturated rings. The van der Waals surface area contributed by atoms with Crippen LogP contribution in [0.15, 0.2) is 64.9 Å². The SMILES string of the molecule is CCOc1ccc(Oc2ccc(S(=O)(=O)N3CCOCC3)cc2NC(=O)[C@@H]2CCCN2C(=O)c2cccs2)cc1. The van der Waals surface area contributed by atoms with E-state index in [9.17, 15) is 18.0 Å². The zero-order valence-electron chi connectivity index (χ0n) is 22.1. The Bertz CT molecular complexity index is 1440. The van der Waals surface area contributed by atoms with Crippen LogP contribution in [0.1, 0.15) is 29.4 Å². The van der Waals surface area contributed by atoms with Gasteiger partial charge in [-0.25, -0.2) is 8.42 Å². The molecule has 3 aromatic rings. The highest BCUT2D eigenvalue weighted by Crippen LogP contribution is 2.34. The van der Waals surface area contributed by atoms with E-state index < -0.39 is 22.0 Å². The molecule has 0 radical (unpaired) electrons. The second-order valence-electron chi connectivity index (χ2n) is 9.30. The van der Waals surface area contributed by atoms with Crippen LogP contribution in [0.2, 0.25) is 0 Å². The molecule has 2 aliphatic heterocycles. The van der Waals surface area contributed by atoms with Gasteiger partial charge in [0, 0.05) is 19.6 Å². The van der Waals surface area contributed by atoms with Crippen molar-refractivity contribution in [3.63, 3.8) is 0 Å². The Morgan fingerprint density at radius 2 is 1.80 bits per heavy atom. The summed E-state index contributed by atoms with van der Waals surface area (Å²) in [5.74, 6) is 0.847. The van der Waals surface area contributed by atoms with Crippen molar-refractivity contribution in [2.75, 3.05) is 44.8 Å². The van der Waals surface area contributed by atoms with Gasteiger partial charge in [-0.3, -0.25) is 9.59 Å². The molecule has 0 saturated carbocycles. The number of nitrogens with one attached hydrogen (secondary N) is 1. The maximum Gasteiger partial charge on any atom is 0.264 e. The van der Waals surface area contributed by atoms with Crippen LogP contribution in [-0.2, 0) is 19.6 Å². The van der Waals surface area contributed by atoms with Crippen molar-refractivity contribution in [3.8, 4) is 17.2 Å². The number of nitrogens with zero attached hydrogens (tertiary/aromatic N) is 2. The van der Waals surface area contributed by atoms with Gasteiger partial charge < -0.3 is 24.4 Å². The Morgan fingerprint density at radius 3 is 2.50 bits per heavy atom. The highest BCUT2D eigenvalue weighted by molar-refractivity contribution is 7.89. The van der Waals surface area contributed by atoms with Crippen molar-refractivity contribution in [2.24, 2.45) is 0 Å². The summed E-state index contributed by atoms with van der Waals surface area (Å²) in [6.45, 7) is 4.02. The molecule has 0 bridgehead atoms. The average Bonchev–Trinajstić information content (AvgIpc) is 3.68. The highest BCUT2D eigenvalue weighted by Gasteiger charge is 2.35. The maximum absolute atomic E-state index is 13.5. The van der Waals surface area contributed by atoms with Gasteiger partial charge in [-0.05, 0) is 73.7 Å². The average molecular weight is 586 g/mol. The Labute approximate surface area is 237 Å². The number of ether oxygens (including phenoxy) is 3. The monoisotopic (exact) mass is 585 g/mol. The maximum atomic E-state index is 13.5. The van der Waals surface area contributed by atoms with Crippen LogP contribution in [0.25, 0.3) is 0 Å². The van der Waals surface area contributed by atoms with Gasteiger partial charge in [-0.2, -0.15) is 4.31 Å². The van der Waals surface area contributed by atoms with Gasteiger partial charge in [0.15, 0.2) is 5.75 Å². The lowest BCUT2D eigenvalue weighted by molar-refractivity contribution is -0.119. The van der Waals surface area contributed by atoms with Gasteiger partial charge in [0.1, 0.15) is 17.5 Å². The Morgan fingerprint density at radius 1 is 1.05 bits per heavy atom. The first kappa shape index (κ1) is 28.1. The van der Waals surface area contributed by atoms with Gasteiger partial charge in [0.25, 0.3) is 5.91 Å². The number of likely N-dealkylation sites (tertiary alicyclic amines) is 1. The molecular formula is C28H31N3O7S2. The van der Waals surface area contributed by atoms with Crippen LogP contribution in [0.5, 0.6) is 17.2 Å². The van der Waals surface area contributed by atoms with Gasteiger partial charge in [0.05, 0.1) is 35.3 Å². The number of carbonyl (C=O) groups is 2. The second-order valence-corrected chi connectivity index (χ2v) is 12.2. The van der Waals surface area contributed by atoms with Crippen LogP contribution in [-0.4, -0.2) is 74.9 Å². The molecule has 1 atom stereocenters. The number of hydrogen-bond acceptors (Lipinski definition) is 8. The van der Waals surface area contributed by atoms with Crippen LogP contribution < -0.4 is 14.8 Å². The fourth-order valence-electron chi connectivity index (χ4n) is 4.73. The van der Waals surface area contributed by atoms with E-state index in [2.05, 4.69) is 5.32 Å². The van der Waals surface area contributed by atoms with E-state index in [0.29, 0.717) is 55.6 Å². The van der Waals surface area contributed by atoms with Crippen molar-refractivity contribution in [1.82, 2.24) is 9.21 Å². The van der Waals surface area contributed by atoms with E-state index in [1.54, 1.807) is 41.3 Å². The second kappa shape index (κ2) is 12.4. The minimum atomic E-state index is -3.83. The zero-order chi connectivity index (χ0) is 28.1. The van der Waals surface area contributed by atoms with Crippen LogP contribution in [0.4, 0.5) is 5.69 Å². The van der Waals surface area contributed by atoms with E-state index in [1.165, 1.54) is 33.8 Å². The van der Waals surface area contributed by atoms with E-state index in [-0.39, 0.29) is 35.3 Å². The first-order chi connectivity index (χ1) is 19.4. The third kappa shape index (κ3) is 6.15. The van der Waals surface area contributed by atoms with Crippen molar-refractivity contribution in [3.05, 3.63) is 64.9 Å². The largest absolute Gasteiger partial charge is 0.494 e. The first-order valence-electron chi connectivity index (χ1n) is 13.1. The minimum Gasteiger partial charge on any atom is -0.494 e. The molecule has 212 valence electrons. The van der Waals surface area contributed by atoms with Gasteiger partial charge in [-0.1, -0.05) is 6.07 Å². The quantitative estimate of drug-likeness (QED) is 0.400. The topological polar surface area (TPSA) is 114 Å². The molecule has 5 rings (SSSR count). The zero-order valence-corrected chi connectivity index (χ0v) is 23.7. The molecule has 0 aliphatic carbocycles. The molecule has 2 aliphatic rings. The van der Waals surface area contributed by atoms with Crippen LogP contribution in [0, 0.1) is 0 Å². The number of hydrogen-bond donors (Lipinski definition) is 1. The molecular weight excluding hydrogens is 554 g/mol. The molecule has 1 aromatic heterocycles. The summed E-state index contributed by atoms with van der Waals surface area (Å²) >= 11 is 1.33. The predicted molar refractivity (Wildman–Crippen MR) is 151 cm³/mol. The lowest BCUT2D eigenvalue weighted by atomic mass is 10.2. The third-order valence-corrected chi connectivity index (χ3v) is 9.48. The summed E-state index contributed by atoms with van der Waals surface area (Å²) < 4.78 is 45.0. The fourth-order valence-corrected chi connectivity index (χ4v) is 6.84. The molecule has 0 spiro atoms. The summed E-state index contributed by atoms with van der Waals surface area (Å²) in [5.41, 5.74) is 0.198. The number of benzene rings is 2. The Kier molecular flexibility index (Phi) is 8.69. The normalized spacial score (nSPS) is 17.9. The van der Waals surface area contributed by atoms with Crippen molar-refractivity contribution in [1.29, 1.82) is 0 Å². The van der Waals surface area contributed by atoms with Crippen LogP contribution in [0.3, 0.4) is 0 Å². The summed E-state index contributed by atoms with van der Waals surface area (Å²) in [4.78, 5) is 28.7. The summed E-state index contributed by atoms with van der Waals surface area (Å²) in [6, 6.07) is 14.2. The predicted octanol–water partition coefficient (Wildman–Crippen LogP) is 4.20. The lowest BCUT2D eigenvalue weighted by Crippen LogP contribution is -2.43. The number of anilines is 1. The van der Waals surface area contributed by atoms with Crippen molar-refractivity contribution >= 4 is 38.9 Å². The molecule has 40 heavy (non-hydrogen) atoms. The number of amides is 2. The van der Waals surface area contributed by atoms with Crippen LogP contribution >= 0.6 is 11.3 Å². The highest BCUT2D eigenvalue weighted by atomic mass is 32.2. The van der Waals surface area contributed by atoms with Gasteiger partial charge >= 0.3 is 0 Å². The molecule has 12 heteroatoms. The molecule has 0 unspecified atom stereocenters. The minimum absolute atomic E-state index is 0.0293. The molecule has 2 saturated heterocycles. The van der Waals surface area contributed by atoms with Crippen molar-refractivity contribution in [2.45, 2.75) is 30.7 Å². The molecule has 10 nitrogen and oxygen atoms in total. The summed E-state index contributed by atoms with van der Waals surface area (Å²) in [6.07, 6.45) is 1.19. The first-order valence-corrected chi connectivity index (χ1v) is 15.5. The van der Waals surface area contributed by atoms with Gasteiger partial charge in [-0.15, -0.1) is 11.3 Å². The Balaban J connectivity index is 1.43. The Hall–Kier alpha value is -3.45. The van der Waals surface area contributed by atoms with E-state index in [1.807, 2.05) is 12.3 Å². The number of thiophene rings is 1. The molecule has 3 heterocycles. The van der Waals surface area contributed by atoms with E-state index in [0.717, 1.165) is 0 Å². The lowest BCUT2D eigenvalue weighted by Gasteiger charge is -2.27. The fraction of sp³-hybridized carbons (Fsp3) is 0.357. The third-order valence-electron chi connectivity index (χ3n) is 6.73. The summed E-state index contributed by atoms with van der Waals surface area (Å²) in [7, 11) is -3.83. The smallest absolute Gasteiger partial charge is 0.264 e. The molecule has 2 aromatic carbocycles. The number of rotatable bonds is 9. The number of sulfonamides is 1. The van der Waals surface area contributed by atoms with E-state index in [4.69, 9.17) is 14.2 Å².